The Morgan fingerprint density at radius 1 is 0.889 bits per heavy atom. The van der Waals surface area contributed by atoms with E-state index in [-0.39, 0.29) is 23.0 Å². The van der Waals surface area contributed by atoms with Crippen LogP contribution < -0.4 is 9.47 Å². The van der Waals surface area contributed by atoms with Gasteiger partial charge in [-0.15, -0.1) is 0 Å². The third-order valence-corrected chi connectivity index (χ3v) is 4.84. The van der Waals surface area contributed by atoms with Crippen molar-refractivity contribution < 1.29 is 35.0 Å². The van der Waals surface area contributed by atoms with E-state index in [4.69, 9.17) is 9.47 Å². The van der Waals surface area contributed by atoms with Gasteiger partial charge in [-0.05, 0) is 42.3 Å². The Morgan fingerprint density at radius 3 is 1.67 bits per heavy atom. The van der Waals surface area contributed by atoms with Gasteiger partial charge in [0.05, 0.1) is 26.4 Å². The van der Waals surface area contributed by atoms with Crippen molar-refractivity contribution in [1.82, 2.24) is 0 Å². The summed E-state index contributed by atoms with van der Waals surface area (Å²) in [6.07, 6.45) is 0. The van der Waals surface area contributed by atoms with E-state index in [1.807, 2.05) is 0 Å². The number of benzene rings is 2. The van der Waals surface area contributed by atoms with Gasteiger partial charge in [0.2, 0.25) is 0 Å². The molecule has 0 fully saturated rings. The van der Waals surface area contributed by atoms with E-state index in [1.165, 1.54) is 33.3 Å². The third-order valence-electron chi connectivity index (χ3n) is 4.84. The Kier molecular flexibility index (Phi) is 6.54. The van der Waals surface area contributed by atoms with Crippen LogP contribution in [0.3, 0.4) is 0 Å². The molecule has 0 spiro atoms. The summed E-state index contributed by atoms with van der Waals surface area (Å²) >= 11 is 0. The van der Waals surface area contributed by atoms with Crippen LogP contribution in [0.4, 0.5) is 0 Å². The van der Waals surface area contributed by atoms with Gasteiger partial charge in [0.25, 0.3) is 0 Å². The summed E-state index contributed by atoms with van der Waals surface area (Å²) < 4.78 is 10.3. The molecule has 5 N–H and O–H groups in total. The van der Waals surface area contributed by atoms with Gasteiger partial charge in [-0.3, -0.25) is 0 Å². The van der Waals surface area contributed by atoms with E-state index in [0.717, 1.165) is 0 Å². The van der Waals surface area contributed by atoms with Crippen LogP contribution in [0.25, 0.3) is 0 Å². The molecule has 0 aromatic heterocycles. The van der Waals surface area contributed by atoms with Gasteiger partial charge in [-0.25, -0.2) is 0 Å². The molecule has 148 valence electrons. The smallest absolute Gasteiger partial charge is 0.160 e. The molecule has 2 aromatic carbocycles. The molecule has 0 saturated heterocycles. The van der Waals surface area contributed by atoms with Gasteiger partial charge in [0.1, 0.15) is 0 Å². The third kappa shape index (κ3) is 4.27. The molecule has 1 unspecified atom stereocenters. The van der Waals surface area contributed by atoms with Crippen molar-refractivity contribution in [3.63, 3.8) is 0 Å². The van der Waals surface area contributed by atoms with Crippen LogP contribution in [-0.4, -0.2) is 58.6 Å². The molecule has 2 rings (SSSR count). The highest BCUT2D eigenvalue weighted by atomic mass is 16.5. The van der Waals surface area contributed by atoms with Crippen LogP contribution >= 0.6 is 0 Å². The maximum atomic E-state index is 10.7. The number of hydrogen-bond donors (Lipinski definition) is 5. The number of methoxy groups -OCH3 is 2. The van der Waals surface area contributed by atoms with Crippen molar-refractivity contribution in [2.45, 2.75) is 18.4 Å². The summed E-state index contributed by atoms with van der Waals surface area (Å²) in [4.78, 5) is 0. The van der Waals surface area contributed by atoms with E-state index in [0.29, 0.717) is 11.1 Å². The van der Waals surface area contributed by atoms with Gasteiger partial charge in [0, 0.05) is 18.4 Å². The van der Waals surface area contributed by atoms with Crippen LogP contribution in [0.5, 0.6) is 23.0 Å². The zero-order valence-corrected chi connectivity index (χ0v) is 15.6. The van der Waals surface area contributed by atoms with Crippen LogP contribution in [0.15, 0.2) is 36.4 Å². The summed E-state index contributed by atoms with van der Waals surface area (Å²) in [7, 11) is 2.84. The Balaban J connectivity index is 2.68. The number of rotatable bonds is 8. The Hall–Kier alpha value is -2.48. The van der Waals surface area contributed by atoms with E-state index < -0.39 is 30.7 Å². The minimum absolute atomic E-state index is 0.0437. The van der Waals surface area contributed by atoms with Gasteiger partial charge in [-0.1, -0.05) is 12.1 Å². The largest absolute Gasteiger partial charge is 0.504 e. The second-order valence-corrected chi connectivity index (χ2v) is 6.64. The van der Waals surface area contributed by atoms with Gasteiger partial charge in [-0.2, -0.15) is 0 Å². The molecular formula is C20H26O7. The molecule has 0 aliphatic heterocycles. The zero-order valence-electron chi connectivity index (χ0n) is 15.6. The van der Waals surface area contributed by atoms with Crippen LogP contribution in [0.1, 0.15) is 24.0 Å². The van der Waals surface area contributed by atoms with Crippen molar-refractivity contribution >= 4 is 0 Å². The van der Waals surface area contributed by atoms with Crippen molar-refractivity contribution in [2.24, 2.45) is 5.92 Å². The molecule has 7 heteroatoms. The molecule has 27 heavy (non-hydrogen) atoms. The summed E-state index contributed by atoms with van der Waals surface area (Å²) in [6, 6.07) is 9.43. The summed E-state index contributed by atoms with van der Waals surface area (Å²) in [6.45, 7) is 0.472. The highest BCUT2D eigenvalue weighted by Gasteiger charge is 2.39. The number of phenolic OH excluding ortho intramolecular Hbond substituents is 2. The molecule has 0 saturated carbocycles. The molecular weight excluding hydrogens is 352 g/mol. The summed E-state index contributed by atoms with van der Waals surface area (Å²) in [5.41, 5.74) is -0.300. The lowest BCUT2D eigenvalue weighted by Gasteiger charge is -2.37. The lowest BCUT2D eigenvalue weighted by atomic mass is 9.73. The van der Waals surface area contributed by atoms with E-state index in [2.05, 4.69) is 0 Å². The fourth-order valence-corrected chi connectivity index (χ4v) is 3.21. The summed E-state index contributed by atoms with van der Waals surface area (Å²) in [5.74, 6) is -0.977. The average Bonchev–Trinajstić information content (AvgIpc) is 2.67. The molecule has 2 aromatic rings. The average molecular weight is 378 g/mol. The number of aliphatic hydroxyl groups is 3. The van der Waals surface area contributed by atoms with Gasteiger partial charge in [0.15, 0.2) is 23.0 Å². The molecule has 0 bridgehead atoms. The molecule has 0 aliphatic rings. The van der Waals surface area contributed by atoms with E-state index >= 15 is 0 Å². The molecule has 7 nitrogen and oxygen atoms in total. The maximum Gasteiger partial charge on any atom is 0.160 e. The Morgan fingerprint density at radius 2 is 1.33 bits per heavy atom. The normalized spacial score (nSPS) is 14.6. The predicted molar refractivity (Wildman–Crippen MR) is 99.4 cm³/mol. The maximum absolute atomic E-state index is 10.7. The van der Waals surface area contributed by atoms with Crippen LogP contribution in [-0.2, 0) is 0 Å². The number of ether oxygens (including phenoxy) is 2. The van der Waals surface area contributed by atoms with Crippen molar-refractivity contribution in [2.75, 3.05) is 27.4 Å². The van der Waals surface area contributed by atoms with E-state index in [9.17, 15) is 25.5 Å². The minimum Gasteiger partial charge on any atom is -0.504 e. The first kappa shape index (κ1) is 20.8. The number of hydrogen-bond acceptors (Lipinski definition) is 7. The lowest BCUT2D eigenvalue weighted by Crippen LogP contribution is -2.44. The molecule has 0 aliphatic carbocycles. The van der Waals surface area contributed by atoms with Gasteiger partial charge >= 0.3 is 0 Å². The van der Waals surface area contributed by atoms with Crippen molar-refractivity contribution in [3.05, 3.63) is 47.5 Å². The highest BCUT2D eigenvalue weighted by Crippen LogP contribution is 2.42. The first-order valence-electron chi connectivity index (χ1n) is 8.47. The van der Waals surface area contributed by atoms with Gasteiger partial charge < -0.3 is 35.0 Å². The first-order chi connectivity index (χ1) is 12.8. The number of aromatic hydroxyl groups is 2. The van der Waals surface area contributed by atoms with Crippen molar-refractivity contribution in [3.8, 4) is 23.0 Å². The summed E-state index contributed by atoms with van der Waals surface area (Å²) in [5, 5.41) is 50.1. The molecule has 0 amide bonds. The standard InChI is InChI=1S/C20H26O7/c1-20(25,11-22)14(10-21)19(12-4-6-15(23)17(8-12)26-2)13-5-7-16(24)18(9-13)27-3/h4-9,14,19,21-25H,10-11H2,1-3H3/t14-,20?/m0/s1. The zero-order chi connectivity index (χ0) is 20.2. The topological polar surface area (TPSA) is 120 Å². The van der Waals surface area contributed by atoms with Crippen LogP contribution in [0, 0.1) is 5.92 Å². The Labute approximate surface area is 158 Å². The highest BCUT2D eigenvalue weighted by molar-refractivity contribution is 5.49. The number of phenols is 2. The first-order valence-corrected chi connectivity index (χ1v) is 8.47. The monoisotopic (exact) mass is 378 g/mol. The molecule has 0 heterocycles. The fourth-order valence-electron chi connectivity index (χ4n) is 3.21. The minimum atomic E-state index is -1.59. The fraction of sp³-hybridized carbons (Fsp3) is 0.400. The second-order valence-electron chi connectivity index (χ2n) is 6.64. The molecule has 2 atom stereocenters. The van der Waals surface area contributed by atoms with Crippen LogP contribution in [0.2, 0.25) is 0 Å². The quantitative estimate of drug-likeness (QED) is 0.473. The van der Waals surface area contributed by atoms with E-state index in [1.54, 1.807) is 24.3 Å². The van der Waals surface area contributed by atoms with Crippen molar-refractivity contribution in [1.29, 1.82) is 0 Å². The molecule has 0 radical (unpaired) electrons. The number of aliphatic hydroxyl groups excluding tert-OH is 2. The predicted octanol–water partition coefficient (Wildman–Crippen LogP) is 1.60. The lowest BCUT2D eigenvalue weighted by molar-refractivity contribution is -0.0682. The Bertz CT molecular complexity index is 719. The SMILES string of the molecule is COc1cc(C(c2ccc(O)c(OC)c2)[C@H](CO)C(C)(O)CO)ccc1O. The second kappa shape index (κ2) is 8.47.